The van der Waals surface area contributed by atoms with E-state index in [0.29, 0.717) is 5.82 Å². The molecule has 0 aliphatic heterocycles. The second-order valence-corrected chi connectivity index (χ2v) is 4.60. The zero-order chi connectivity index (χ0) is 12.3. The van der Waals surface area contributed by atoms with Gasteiger partial charge in [-0.3, -0.25) is 4.68 Å². The number of nitrogens with two attached hydrogens (primary N) is 1. The molecule has 5 nitrogen and oxygen atoms in total. The summed E-state index contributed by atoms with van der Waals surface area (Å²) in [6.45, 7) is 2.10. The third-order valence-corrected chi connectivity index (χ3v) is 3.47. The van der Waals surface area contributed by atoms with Crippen molar-refractivity contribution in [2.45, 2.75) is 24.1 Å². The van der Waals surface area contributed by atoms with Crippen LogP contribution in [0.2, 0.25) is 0 Å². The van der Waals surface area contributed by atoms with Crippen molar-refractivity contribution >= 4 is 17.6 Å². The summed E-state index contributed by atoms with van der Waals surface area (Å²) in [4.78, 5) is 8.20. The molecule has 2 aromatic heterocycles. The van der Waals surface area contributed by atoms with E-state index in [9.17, 15) is 0 Å². The lowest BCUT2D eigenvalue weighted by atomic mass is 10.3. The molecule has 6 heteroatoms. The van der Waals surface area contributed by atoms with Gasteiger partial charge in [-0.15, -0.1) is 0 Å². The first-order chi connectivity index (χ1) is 8.20. The van der Waals surface area contributed by atoms with Gasteiger partial charge >= 0.3 is 0 Å². The van der Waals surface area contributed by atoms with E-state index in [1.807, 2.05) is 11.7 Å². The van der Waals surface area contributed by atoms with Gasteiger partial charge in [-0.05, 0) is 12.5 Å². The first-order valence-electron chi connectivity index (χ1n) is 5.41. The number of hydrogen-bond acceptors (Lipinski definition) is 5. The van der Waals surface area contributed by atoms with Gasteiger partial charge in [0.15, 0.2) is 5.82 Å². The van der Waals surface area contributed by atoms with E-state index < -0.39 is 0 Å². The van der Waals surface area contributed by atoms with Crippen LogP contribution in [0.1, 0.15) is 18.3 Å². The molecule has 0 spiro atoms. The monoisotopic (exact) mass is 249 g/mol. The Kier molecular flexibility index (Phi) is 3.63. The van der Waals surface area contributed by atoms with E-state index in [1.165, 1.54) is 0 Å². The van der Waals surface area contributed by atoms with Crippen molar-refractivity contribution in [1.29, 1.82) is 0 Å². The second kappa shape index (κ2) is 5.18. The second-order valence-electron chi connectivity index (χ2n) is 3.64. The van der Waals surface area contributed by atoms with E-state index in [1.54, 1.807) is 24.2 Å². The van der Waals surface area contributed by atoms with Crippen molar-refractivity contribution in [2.75, 3.05) is 5.73 Å². The molecule has 2 N–H and O–H groups in total. The number of anilines is 1. The highest BCUT2D eigenvalue weighted by Crippen LogP contribution is 2.24. The number of aromatic nitrogens is 4. The van der Waals surface area contributed by atoms with Crippen LogP contribution < -0.4 is 5.73 Å². The number of thioether (sulfide) groups is 1. The zero-order valence-electron chi connectivity index (χ0n) is 9.92. The molecule has 0 aromatic carbocycles. The summed E-state index contributed by atoms with van der Waals surface area (Å²) in [7, 11) is 1.95. The standard InChI is InChI=1S/C11H15N5S/c1-3-8-6-9(16(2)15-8)7-17-11-10(12)13-4-5-14-11/h4-6H,3,7H2,1-2H3,(H2,12,13). The van der Waals surface area contributed by atoms with Crippen molar-refractivity contribution in [3.05, 3.63) is 29.8 Å². The number of aryl methyl sites for hydroxylation is 2. The van der Waals surface area contributed by atoms with Crippen LogP contribution in [-0.4, -0.2) is 19.7 Å². The highest BCUT2D eigenvalue weighted by atomic mass is 32.2. The van der Waals surface area contributed by atoms with Crippen molar-refractivity contribution in [1.82, 2.24) is 19.7 Å². The Bertz CT molecular complexity index is 508. The van der Waals surface area contributed by atoms with Crippen LogP contribution in [-0.2, 0) is 19.2 Å². The normalized spacial score (nSPS) is 10.7. The molecule has 0 unspecified atom stereocenters. The molecule has 0 radical (unpaired) electrons. The van der Waals surface area contributed by atoms with Crippen molar-refractivity contribution in [3.63, 3.8) is 0 Å². The average molecular weight is 249 g/mol. The van der Waals surface area contributed by atoms with Gasteiger partial charge in [-0.2, -0.15) is 5.10 Å². The Hall–Kier alpha value is -1.56. The molecule has 0 saturated carbocycles. The third kappa shape index (κ3) is 2.76. The molecule has 0 atom stereocenters. The molecular weight excluding hydrogens is 234 g/mol. The van der Waals surface area contributed by atoms with Crippen molar-refractivity contribution < 1.29 is 0 Å². The largest absolute Gasteiger partial charge is 0.381 e. The van der Waals surface area contributed by atoms with Gasteiger partial charge in [0, 0.05) is 30.9 Å². The molecule has 2 rings (SSSR count). The van der Waals surface area contributed by atoms with Crippen LogP contribution in [0.3, 0.4) is 0 Å². The predicted molar refractivity (Wildman–Crippen MR) is 68.6 cm³/mol. The van der Waals surface area contributed by atoms with E-state index in [4.69, 9.17) is 5.73 Å². The van der Waals surface area contributed by atoms with Crippen LogP contribution in [0.15, 0.2) is 23.5 Å². The number of nitrogens with zero attached hydrogens (tertiary/aromatic N) is 4. The minimum atomic E-state index is 0.482. The van der Waals surface area contributed by atoms with Crippen LogP contribution in [0.25, 0.3) is 0 Å². The van der Waals surface area contributed by atoms with Crippen LogP contribution in [0.5, 0.6) is 0 Å². The lowest BCUT2D eigenvalue weighted by molar-refractivity contribution is 0.719. The Labute approximate surface area is 104 Å². The number of nitrogen functional groups attached to an aromatic ring is 1. The molecule has 0 fully saturated rings. The Balaban J connectivity index is 2.07. The van der Waals surface area contributed by atoms with Gasteiger partial charge in [-0.25, -0.2) is 9.97 Å². The zero-order valence-corrected chi connectivity index (χ0v) is 10.7. The summed E-state index contributed by atoms with van der Waals surface area (Å²) in [5.41, 5.74) is 8.01. The topological polar surface area (TPSA) is 69.6 Å². The Morgan fingerprint density at radius 2 is 2.12 bits per heavy atom. The SMILES string of the molecule is CCc1cc(CSc2nccnc2N)n(C)n1. The first-order valence-corrected chi connectivity index (χ1v) is 6.40. The number of hydrogen-bond donors (Lipinski definition) is 1. The van der Waals surface area contributed by atoms with E-state index in [2.05, 4.69) is 28.1 Å². The summed E-state index contributed by atoms with van der Waals surface area (Å²) < 4.78 is 1.90. The molecule has 2 heterocycles. The smallest absolute Gasteiger partial charge is 0.156 e. The summed E-state index contributed by atoms with van der Waals surface area (Å²) in [5.74, 6) is 1.28. The van der Waals surface area contributed by atoms with Gasteiger partial charge in [0.25, 0.3) is 0 Å². The molecular formula is C11H15N5S. The first kappa shape index (κ1) is 11.9. The van der Waals surface area contributed by atoms with E-state index in [0.717, 1.165) is 28.6 Å². The van der Waals surface area contributed by atoms with Gasteiger partial charge in [0.2, 0.25) is 0 Å². The minimum absolute atomic E-state index is 0.482. The fourth-order valence-corrected chi connectivity index (χ4v) is 2.36. The summed E-state index contributed by atoms with van der Waals surface area (Å²) >= 11 is 1.58. The molecule has 2 aromatic rings. The molecule has 90 valence electrons. The lowest BCUT2D eigenvalue weighted by Crippen LogP contribution is -1.98. The van der Waals surface area contributed by atoms with Gasteiger partial charge in [0.05, 0.1) is 5.69 Å². The molecule has 0 aliphatic rings. The quantitative estimate of drug-likeness (QED) is 0.834. The maximum atomic E-state index is 5.74. The molecule has 17 heavy (non-hydrogen) atoms. The van der Waals surface area contributed by atoms with Gasteiger partial charge in [0.1, 0.15) is 5.03 Å². The molecule has 0 bridgehead atoms. The average Bonchev–Trinajstić information content (AvgIpc) is 2.69. The lowest BCUT2D eigenvalue weighted by Gasteiger charge is -2.03. The molecule has 0 amide bonds. The van der Waals surface area contributed by atoms with Crippen LogP contribution in [0.4, 0.5) is 5.82 Å². The fourth-order valence-electron chi connectivity index (χ4n) is 1.47. The van der Waals surface area contributed by atoms with Crippen molar-refractivity contribution in [3.8, 4) is 0 Å². The maximum absolute atomic E-state index is 5.74. The summed E-state index contributed by atoms with van der Waals surface area (Å²) in [6.07, 6.45) is 4.20. The summed E-state index contributed by atoms with van der Waals surface area (Å²) in [5, 5.41) is 5.17. The Morgan fingerprint density at radius 1 is 1.35 bits per heavy atom. The van der Waals surface area contributed by atoms with Gasteiger partial charge < -0.3 is 5.73 Å². The minimum Gasteiger partial charge on any atom is -0.381 e. The van der Waals surface area contributed by atoms with Crippen molar-refractivity contribution in [2.24, 2.45) is 7.05 Å². The van der Waals surface area contributed by atoms with Gasteiger partial charge in [-0.1, -0.05) is 18.7 Å². The van der Waals surface area contributed by atoms with Crippen LogP contribution in [0, 0.1) is 0 Å². The maximum Gasteiger partial charge on any atom is 0.156 e. The predicted octanol–water partition coefficient (Wildman–Crippen LogP) is 1.65. The Morgan fingerprint density at radius 3 is 2.76 bits per heavy atom. The van der Waals surface area contributed by atoms with E-state index in [-0.39, 0.29) is 0 Å². The number of rotatable bonds is 4. The summed E-state index contributed by atoms with van der Waals surface area (Å²) in [6, 6.07) is 2.11. The third-order valence-electron chi connectivity index (χ3n) is 2.44. The molecule has 0 saturated heterocycles. The highest BCUT2D eigenvalue weighted by molar-refractivity contribution is 7.98. The molecule has 0 aliphatic carbocycles. The van der Waals surface area contributed by atoms with Crippen LogP contribution >= 0.6 is 11.8 Å². The highest BCUT2D eigenvalue weighted by Gasteiger charge is 2.07. The fraction of sp³-hybridized carbons (Fsp3) is 0.364. The van der Waals surface area contributed by atoms with E-state index >= 15 is 0 Å².